The van der Waals surface area contributed by atoms with Crippen LogP contribution < -0.4 is 9.47 Å². The second kappa shape index (κ2) is 7.82. The summed E-state index contributed by atoms with van der Waals surface area (Å²) in [4.78, 5) is 0. The summed E-state index contributed by atoms with van der Waals surface area (Å²) in [6.07, 6.45) is 0.229. The van der Waals surface area contributed by atoms with Gasteiger partial charge in [-0.25, -0.2) is 4.39 Å². The number of hydrogen-bond acceptors (Lipinski definition) is 5. The molecule has 0 aliphatic heterocycles. The highest BCUT2D eigenvalue weighted by atomic mass is 32.2. The van der Waals surface area contributed by atoms with Crippen LogP contribution in [-0.2, 0) is 20.7 Å². The molecule has 2 aromatic rings. The fourth-order valence-electron chi connectivity index (χ4n) is 3.37. The number of alkyl halides is 3. The molecule has 0 fully saturated rings. The van der Waals surface area contributed by atoms with Gasteiger partial charge in [-0.15, -0.1) is 0 Å². The third-order valence-corrected chi connectivity index (χ3v) is 5.89. The molecule has 0 amide bonds. The Labute approximate surface area is 171 Å². The highest BCUT2D eigenvalue weighted by Gasteiger charge is 2.50. The quantitative estimate of drug-likeness (QED) is 0.376. The van der Waals surface area contributed by atoms with E-state index in [-0.39, 0.29) is 23.3 Å². The van der Waals surface area contributed by atoms with Crippen LogP contribution in [0.15, 0.2) is 42.0 Å². The van der Waals surface area contributed by atoms with E-state index < -0.39 is 33.1 Å². The zero-order valence-electron chi connectivity index (χ0n) is 16.2. The van der Waals surface area contributed by atoms with Gasteiger partial charge < -0.3 is 13.7 Å². The SMILES string of the molecule is COc1ccc(C2Cc3ccc(OC)c(F)c3C(OS(=O)(=O)C(F)(F)F)=C2C)cc1. The lowest BCUT2D eigenvalue weighted by atomic mass is 9.79. The molecule has 162 valence electrons. The summed E-state index contributed by atoms with van der Waals surface area (Å²) in [6.45, 7) is 1.41. The summed E-state index contributed by atoms with van der Waals surface area (Å²) in [5.74, 6) is -1.88. The van der Waals surface area contributed by atoms with Crippen molar-refractivity contribution in [2.75, 3.05) is 14.2 Å². The van der Waals surface area contributed by atoms with Crippen molar-refractivity contribution in [1.82, 2.24) is 0 Å². The second-order valence-electron chi connectivity index (χ2n) is 6.64. The van der Waals surface area contributed by atoms with Gasteiger partial charge in [0.25, 0.3) is 0 Å². The highest BCUT2D eigenvalue weighted by molar-refractivity contribution is 7.87. The Morgan fingerprint density at radius 1 is 1.00 bits per heavy atom. The molecule has 0 bridgehead atoms. The normalized spacial score (nSPS) is 16.8. The summed E-state index contributed by atoms with van der Waals surface area (Å²) in [6, 6.07) is 9.54. The first kappa shape index (κ1) is 21.9. The van der Waals surface area contributed by atoms with E-state index in [1.807, 2.05) is 0 Å². The Morgan fingerprint density at radius 3 is 2.17 bits per heavy atom. The predicted octanol–water partition coefficient (Wildman–Crippen LogP) is 4.78. The molecule has 0 saturated heterocycles. The smallest absolute Gasteiger partial charge is 0.497 e. The van der Waals surface area contributed by atoms with Crippen molar-refractivity contribution in [1.29, 1.82) is 0 Å². The number of halogens is 4. The summed E-state index contributed by atoms with van der Waals surface area (Å²) >= 11 is 0. The number of allylic oxidation sites excluding steroid dienone is 1. The average molecular weight is 446 g/mol. The summed E-state index contributed by atoms with van der Waals surface area (Å²) in [5, 5.41) is 0. The third kappa shape index (κ3) is 3.83. The van der Waals surface area contributed by atoms with E-state index >= 15 is 0 Å². The van der Waals surface area contributed by atoms with Gasteiger partial charge >= 0.3 is 15.6 Å². The molecular formula is C20H18F4O5S. The lowest BCUT2D eigenvalue weighted by molar-refractivity contribution is -0.0510. The van der Waals surface area contributed by atoms with E-state index in [1.165, 1.54) is 33.3 Å². The molecule has 1 unspecified atom stereocenters. The number of benzene rings is 2. The van der Waals surface area contributed by atoms with Crippen molar-refractivity contribution < 1.29 is 39.6 Å². The Kier molecular flexibility index (Phi) is 5.72. The van der Waals surface area contributed by atoms with Gasteiger partial charge in [0.05, 0.1) is 19.8 Å². The number of rotatable bonds is 5. The Morgan fingerprint density at radius 2 is 1.63 bits per heavy atom. The molecule has 0 saturated carbocycles. The van der Waals surface area contributed by atoms with Crippen LogP contribution in [0.4, 0.5) is 17.6 Å². The summed E-state index contributed by atoms with van der Waals surface area (Å²) in [7, 11) is -3.33. The van der Waals surface area contributed by atoms with Crippen molar-refractivity contribution in [3.8, 4) is 11.5 Å². The van der Waals surface area contributed by atoms with Gasteiger partial charge in [-0.1, -0.05) is 18.2 Å². The molecule has 0 heterocycles. The molecule has 0 radical (unpaired) electrons. The molecule has 10 heteroatoms. The minimum Gasteiger partial charge on any atom is -0.497 e. The van der Waals surface area contributed by atoms with Crippen LogP contribution in [0.25, 0.3) is 5.76 Å². The van der Waals surface area contributed by atoms with Crippen LogP contribution >= 0.6 is 0 Å². The monoisotopic (exact) mass is 446 g/mol. The third-order valence-electron chi connectivity index (χ3n) is 4.94. The first-order chi connectivity index (χ1) is 14.0. The van der Waals surface area contributed by atoms with Crippen molar-refractivity contribution in [3.05, 3.63) is 64.5 Å². The summed E-state index contributed by atoms with van der Waals surface area (Å²) in [5.41, 5.74) is -4.90. The highest BCUT2D eigenvalue weighted by Crippen LogP contribution is 2.45. The molecular weight excluding hydrogens is 428 g/mol. The molecule has 3 rings (SSSR count). The second-order valence-corrected chi connectivity index (χ2v) is 8.18. The van der Waals surface area contributed by atoms with Gasteiger partial charge in [-0.3, -0.25) is 0 Å². The molecule has 0 spiro atoms. The minimum atomic E-state index is -6.01. The fourth-order valence-corrected chi connectivity index (χ4v) is 3.90. The average Bonchev–Trinajstić information content (AvgIpc) is 2.69. The molecule has 30 heavy (non-hydrogen) atoms. The Balaban J connectivity index is 2.20. The maximum Gasteiger partial charge on any atom is 0.534 e. The lowest BCUT2D eigenvalue weighted by Gasteiger charge is -2.29. The zero-order chi connectivity index (χ0) is 22.3. The van der Waals surface area contributed by atoms with Crippen molar-refractivity contribution >= 4 is 15.9 Å². The summed E-state index contributed by atoms with van der Waals surface area (Å²) < 4.78 is 91.8. The van der Waals surface area contributed by atoms with Crippen LogP contribution in [0.5, 0.6) is 11.5 Å². The Hall–Kier alpha value is -2.75. The van der Waals surface area contributed by atoms with Crippen LogP contribution in [0, 0.1) is 5.82 Å². The molecule has 1 aliphatic carbocycles. The number of methoxy groups -OCH3 is 2. The van der Waals surface area contributed by atoms with E-state index in [0.29, 0.717) is 16.9 Å². The van der Waals surface area contributed by atoms with Gasteiger partial charge in [0, 0.05) is 5.92 Å². The minimum absolute atomic E-state index is 0.146. The van der Waals surface area contributed by atoms with Crippen molar-refractivity contribution in [2.45, 2.75) is 24.8 Å². The largest absolute Gasteiger partial charge is 0.534 e. The van der Waals surface area contributed by atoms with E-state index in [4.69, 9.17) is 9.47 Å². The Bertz CT molecular complexity index is 1090. The van der Waals surface area contributed by atoms with Gasteiger partial charge in [0.1, 0.15) is 5.75 Å². The molecule has 1 aliphatic rings. The molecule has 5 nitrogen and oxygen atoms in total. The first-order valence-electron chi connectivity index (χ1n) is 8.71. The molecule has 0 N–H and O–H groups in total. The molecule has 1 atom stereocenters. The number of ether oxygens (including phenoxy) is 2. The van der Waals surface area contributed by atoms with Gasteiger partial charge in [-0.05, 0) is 48.2 Å². The zero-order valence-corrected chi connectivity index (χ0v) is 17.0. The topological polar surface area (TPSA) is 61.8 Å². The van der Waals surface area contributed by atoms with Gasteiger partial charge in [0.2, 0.25) is 0 Å². The van der Waals surface area contributed by atoms with E-state index in [1.54, 1.807) is 24.3 Å². The maximum atomic E-state index is 14.9. The standard InChI is InChI=1S/C20H18F4O5S/c1-11-15(12-4-7-14(27-2)8-5-12)10-13-6-9-16(28-3)18(21)17(13)19(11)29-30(25,26)20(22,23)24/h4-9,15H,10H2,1-3H3. The number of hydrogen-bond donors (Lipinski definition) is 0. The predicted molar refractivity (Wildman–Crippen MR) is 101 cm³/mol. The lowest BCUT2D eigenvalue weighted by Crippen LogP contribution is -2.27. The van der Waals surface area contributed by atoms with Crippen molar-refractivity contribution in [2.24, 2.45) is 0 Å². The van der Waals surface area contributed by atoms with E-state index in [0.717, 1.165) is 0 Å². The fraction of sp³-hybridized carbons (Fsp3) is 0.300. The van der Waals surface area contributed by atoms with Crippen LogP contribution in [0.1, 0.15) is 29.5 Å². The van der Waals surface area contributed by atoms with Crippen LogP contribution in [0.2, 0.25) is 0 Å². The first-order valence-corrected chi connectivity index (χ1v) is 10.1. The van der Waals surface area contributed by atoms with Crippen molar-refractivity contribution in [3.63, 3.8) is 0 Å². The molecule has 0 aromatic heterocycles. The molecule has 2 aromatic carbocycles. The maximum absolute atomic E-state index is 14.9. The van der Waals surface area contributed by atoms with E-state index in [9.17, 15) is 26.0 Å². The van der Waals surface area contributed by atoms with Crippen LogP contribution in [-0.4, -0.2) is 28.1 Å². The van der Waals surface area contributed by atoms with Gasteiger partial charge in [0.15, 0.2) is 17.3 Å². The number of fused-ring (bicyclic) bond motifs is 1. The van der Waals surface area contributed by atoms with Gasteiger partial charge in [-0.2, -0.15) is 21.6 Å². The van der Waals surface area contributed by atoms with E-state index in [2.05, 4.69) is 4.18 Å². The van der Waals surface area contributed by atoms with Crippen LogP contribution in [0.3, 0.4) is 0 Å².